The number of nitrogens with one attached hydrogen (secondary N) is 1. The molecule has 0 radical (unpaired) electrons. The highest BCUT2D eigenvalue weighted by atomic mass is 16.1. The second kappa shape index (κ2) is 4.61. The van der Waals surface area contributed by atoms with Crippen LogP contribution in [0.1, 0.15) is 26.3 Å². The summed E-state index contributed by atoms with van der Waals surface area (Å²) in [6.07, 6.45) is 2.05. The highest BCUT2D eigenvalue weighted by molar-refractivity contribution is 5.89. The van der Waals surface area contributed by atoms with Gasteiger partial charge in [-0.25, -0.2) is 0 Å². The Balaban J connectivity index is 2.95. The van der Waals surface area contributed by atoms with Crippen LogP contribution in [-0.2, 0) is 4.79 Å². The number of amides is 1. The molecule has 1 amide bonds. The summed E-state index contributed by atoms with van der Waals surface area (Å²) in [6.45, 7) is 5.56. The van der Waals surface area contributed by atoms with Crippen molar-refractivity contribution in [2.45, 2.75) is 20.8 Å². The number of allylic oxidation sites excluding steroid dienone is 2. The Kier molecular flexibility index (Phi) is 3.46. The minimum Gasteiger partial charge on any atom is -0.326 e. The van der Waals surface area contributed by atoms with E-state index in [1.807, 2.05) is 44.2 Å². The lowest BCUT2D eigenvalue weighted by Crippen LogP contribution is -2.05. The fraction of sp³-hybridized carbons (Fsp3) is 0.250. The lowest BCUT2D eigenvalue weighted by Gasteiger charge is -2.05. The molecule has 0 saturated heterocycles. The Morgan fingerprint density at radius 2 is 2.07 bits per heavy atom. The standard InChI is InChI=1S/C12H15NO/c1-4-9(2)11-6-5-7-12(8-11)13-10(3)14/h4-8H,1-3H3,(H,13,14)/b9-4+. The molecule has 74 valence electrons. The minimum absolute atomic E-state index is 0.0414. The predicted octanol–water partition coefficient (Wildman–Crippen LogP) is 3.07. The first-order valence-electron chi connectivity index (χ1n) is 4.64. The number of hydrogen-bond donors (Lipinski definition) is 1. The molecule has 0 unspecified atom stereocenters. The number of rotatable bonds is 2. The summed E-state index contributed by atoms with van der Waals surface area (Å²) in [5.41, 5.74) is 3.19. The van der Waals surface area contributed by atoms with Gasteiger partial charge in [0.25, 0.3) is 0 Å². The third-order valence-electron chi connectivity index (χ3n) is 2.07. The molecule has 0 spiro atoms. The van der Waals surface area contributed by atoms with Crippen LogP contribution in [0, 0.1) is 0 Å². The van der Waals surface area contributed by atoms with Crippen LogP contribution < -0.4 is 5.32 Å². The smallest absolute Gasteiger partial charge is 0.221 e. The minimum atomic E-state index is -0.0414. The van der Waals surface area contributed by atoms with Gasteiger partial charge in [-0.2, -0.15) is 0 Å². The van der Waals surface area contributed by atoms with Crippen molar-refractivity contribution in [2.75, 3.05) is 5.32 Å². The predicted molar refractivity (Wildman–Crippen MR) is 60.1 cm³/mol. The molecule has 0 bridgehead atoms. The number of benzene rings is 1. The molecule has 0 aliphatic heterocycles. The molecular formula is C12H15NO. The van der Waals surface area contributed by atoms with E-state index in [9.17, 15) is 4.79 Å². The molecule has 2 nitrogen and oxygen atoms in total. The molecular weight excluding hydrogens is 174 g/mol. The zero-order valence-corrected chi connectivity index (χ0v) is 8.79. The first-order chi connectivity index (χ1) is 6.63. The fourth-order valence-electron chi connectivity index (χ4n) is 1.21. The van der Waals surface area contributed by atoms with Crippen molar-refractivity contribution in [3.05, 3.63) is 35.9 Å². The summed E-state index contributed by atoms with van der Waals surface area (Å²) in [5, 5.41) is 2.76. The maximum atomic E-state index is 10.8. The molecule has 0 aliphatic carbocycles. The van der Waals surface area contributed by atoms with E-state index in [2.05, 4.69) is 5.32 Å². The Bertz CT molecular complexity index is 366. The van der Waals surface area contributed by atoms with Gasteiger partial charge >= 0.3 is 0 Å². The van der Waals surface area contributed by atoms with E-state index in [4.69, 9.17) is 0 Å². The average Bonchev–Trinajstić information content (AvgIpc) is 2.16. The number of carbonyl (C=O) groups excluding carboxylic acids is 1. The summed E-state index contributed by atoms with van der Waals surface area (Å²) in [4.78, 5) is 10.8. The van der Waals surface area contributed by atoms with E-state index in [0.29, 0.717) is 0 Å². The quantitative estimate of drug-likeness (QED) is 0.761. The van der Waals surface area contributed by atoms with Crippen LogP contribution in [0.15, 0.2) is 30.3 Å². The maximum absolute atomic E-state index is 10.8. The van der Waals surface area contributed by atoms with Crippen LogP contribution in [0.4, 0.5) is 5.69 Å². The molecule has 0 atom stereocenters. The van der Waals surface area contributed by atoms with E-state index in [0.717, 1.165) is 11.3 Å². The van der Waals surface area contributed by atoms with Crippen LogP contribution in [-0.4, -0.2) is 5.91 Å². The highest BCUT2D eigenvalue weighted by Crippen LogP contribution is 2.17. The van der Waals surface area contributed by atoms with E-state index in [1.165, 1.54) is 12.5 Å². The molecule has 0 aliphatic rings. The fourth-order valence-corrected chi connectivity index (χ4v) is 1.21. The van der Waals surface area contributed by atoms with Crippen LogP contribution in [0.25, 0.3) is 5.57 Å². The lowest BCUT2D eigenvalue weighted by atomic mass is 10.1. The van der Waals surface area contributed by atoms with Gasteiger partial charge in [0.2, 0.25) is 5.91 Å². The Labute approximate surface area is 84.6 Å². The van der Waals surface area contributed by atoms with Gasteiger partial charge in [-0.3, -0.25) is 4.79 Å². The number of hydrogen-bond acceptors (Lipinski definition) is 1. The monoisotopic (exact) mass is 189 g/mol. The lowest BCUT2D eigenvalue weighted by molar-refractivity contribution is -0.114. The van der Waals surface area contributed by atoms with Crippen molar-refractivity contribution in [3.63, 3.8) is 0 Å². The van der Waals surface area contributed by atoms with Crippen molar-refractivity contribution < 1.29 is 4.79 Å². The van der Waals surface area contributed by atoms with Gasteiger partial charge in [-0.05, 0) is 37.1 Å². The van der Waals surface area contributed by atoms with Gasteiger partial charge in [0.1, 0.15) is 0 Å². The Hall–Kier alpha value is -1.57. The van der Waals surface area contributed by atoms with Crippen LogP contribution in [0.3, 0.4) is 0 Å². The van der Waals surface area contributed by atoms with E-state index < -0.39 is 0 Å². The summed E-state index contributed by atoms with van der Waals surface area (Å²) in [7, 11) is 0. The summed E-state index contributed by atoms with van der Waals surface area (Å²) in [6, 6.07) is 7.82. The van der Waals surface area contributed by atoms with E-state index >= 15 is 0 Å². The first kappa shape index (κ1) is 10.5. The SMILES string of the molecule is C/C=C(\C)c1cccc(NC(C)=O)c1. The molecule has 0 saturated carbocycles. The van der Waals surface area contributed by atoms with Gasteiger partial charge in [-0.1, -0.05) is 18.2 Å². The summed E-state index contributed by atoms with van der Waals surface area (Å²) < 4.78 is 0. The van der Waals surface area contributed by atoms with Gasteiger partial charge in [-0.15, -0.1) is 0 Å². The van der Waals surface area contributed by atoms with Gasteiger partial charge in [0, 0.05) is 12.6 Å². The van der Waals surface area contributed by atoms with Crippen molar-refractivity contribution in [1.82, 2.24) is 0 Å². The molecule has 2 heteroatoms. The Morgan fingerprint density at radius 3 is 2.64 bits per heavy atom. The molecule has 0 aromatic heterocycles. The van der Waals surface area contributed by atoms with Gasteiger partial charge in [0.15, 0.2) is 0 Å². The molecule has 1 rings (SSSR count). The van der Waals surface area contributed by atoms with Crippen molar-refractivity contribution in [1.29, 1.82) is 0 Å². The highest BCUT2D eigenvalue weighted by Gasteiger charge is 1.98. The van der Waals surface area contributed by atoms with E-state index in [1.54, 1.807) is 0 Å². The molecule has 14 heavy (non-hydrogen) atoms. The van der Waals surface area contributed by atoms with Crippen LogP contribution >= 0.6 is 0 Å². The molecule has 0 fully saturated rings. The van der Waals surface area contributed by atoms with Crippen molar-refractivity contribution >= 4 is 17.2 Å². The summed E-state index contributed by atoms with van der Waals surface area (Å²) >= 11 is 0. The van der Waals surface area contributed by atoms with E-state index in [-0.39, 0.29) is 5.91 Å². The molecule has 0 heterocycles. The summed E-state index contributed by atoms with van der Waals surface area (Å²) in [5.74, 6) is -0.0414. The van der Waals surface area contributed by atoms with Crippen LogP contribution in [0.5, 0.6) is 0 Å². The second-order valence-electron chi connectivity index (χ2n) is 3.23. The zero-order valence-electron chi connectivity index (χ0n) is 8.79. The molecule has 1 N–H and O–H groups in total. The largest absolute Gasteiger partial charge is 0.326 e. The second-order valence-corrected chi connectivity index (χ2v) is 3.23. The number of carbonyl (C=O) groups is 1. The third-order valence-corrected chi connectivity index (χ3v) is 2.07. The topological polar surface area (TPSA) is 29.1 Å². The molecule has 1 aromatic carbocycles. The van der Waals surface area contributed by atoms with Crippen molar-refractivity contribution in [2.24, 2.45) is 0 Å². The number of anilines is 1. The maximum Gasteiger partial charge on any atom is 0.221 e. The average molecular weight is 189 g/mol. The third kappa shape index (κ3) is 2.73. The van der Waals surface area contributed by atoms with Crippen molar-refractivity contribution in [3.8, 4) is 0 Å². The van der Waals surface area contributed by atoms with Gasteiger partial charge < -0.3 is 5.32 Å². The van der Waals surface area contributed by atoms with Crippen LogP contribution in [0.2, 0.25) is 0 Å². The zero-order chi connectivity index (χ0) is 10.6. The Morgan fingerprint density at radius 1 is 1.36 bits per heavy atom. The normalized spacial score (nSPS) is 11.2. The first-order valence-corrected chi connectivity index (χ1v) is 4.64. The molecule has 1 aromatic rings. The van der Waals surface area contributed by atoms with Gasteiger partial charge in [0.05, 0.1) is 0 Å².